The summed E-state index contributed by atoms with van der Waals surface area (Å²) in [6, 6.07) is 21.9. The molecule has 5 heteroatoms. The Kier molecular flexibility index (Phi) is 4.49. The molecule has 0 saturated heterocycles. The average Bonchev–Trinajstić information content (AvgIpc) is 2.95. The van der Waals surface area contributed by atoms with Crippen molar-refractivity contribution >= 4 is 28.8 Å². The number of hydrogen-bond donors (Lipinski definition) is 1. The SMILES string of the molecule is Cc1ccccc1NC1=C(c2ccccc2)C(=O)N(c2ccc(F)cc2)C1=O. The van der Waals surface area contributed by atoms with Gasteiger partial charge < -0.3 is 5.32 Å². The molecule has 0 radical (unpaired) electrons. The van der Waals surface area contributed by atoms with E-state index in [0.717, 1.165) is 16.2 Å². The van der Waals surface area contributed by atoms with Crippen molar-refractivity contribution in [2.75, 3.05) is 10.2 Å². The van der Waals surface area contributed by atoms with E-state index in [2.05, 4.69) is 5.32 Å². The summed E-state index contributed by atoms with van der Waals surface area (Å²) in [5, 5.41) is 3.14. The fourth-order valence-electron chi connectivity index (χ4n) is 3.19. The van der Waals surface area contributed by atoms with Crippen molar-refractivity contribution < 1.29 is 14.0 Å². The van der Waals surface area contributed by atoms with Gasteiger partial charge in [-0.1, -0.05) is 48.5 Å². The van der Waals surface area contributed by atoms with Crippen molar-refractivity contribution in [2.24, 2.45) is 0 Å². The predicted molar refractivity (Wildman–Crippen MR) is 107 cm³/mol. The number of nitrogens with one attached hydrogen (secondary N) is 1. The molecule has 0 fully saturated rings. The zero-order valence-electron chi connectivity index (χ0n) is 15.1. The molecule has 3 aromatic carbocycles. The minimum Gasteiger partial charge on any atom is -0.350 e. The van der Waals surface area contributed by atoms with E-state index in [4.69, 9.17) is 0 Å². The van der Waals surface area contributed by atoms with E-state index in [0.29, 0.717) is 11.3 Å². The maximum absolute atomic E-state index is 13.3. The molecule has 28 heavy (non-hydrogen) atoms. The van der Waals surface area contributed by atoms with Crippen LogP contribution in [0.15, 0.2) is 84.6 Å². The lowest BCUT2D eigenvalue weighted by molar-refractivity contribution is -0.120. The third-order valence-corrected chi connectivity index (χ3v) is 4.64. The summed E-state index contributed by atoms with van der Waals surface area (Å²) in [5.74, 6) is -1.35. The van der Waals surface area contributed by atoms with Gasteiger partial charge in [0.1, 0.15) is 11.5 Å². The van der Waals surface area contributed by atoms with Gasteiger partial charge in [-0.3, -0.25) is 9.59 Å². The number of benzene rings is 3. The molecule has 1 aliphatic rings. The normalized spacial score (nSPS) is 14.0. The molecule has 0 unspecified atom stereocenters. The molecular weight excluding hydrogens is 355 g/mol. The number of nitrogens with zero attached hydrogens (tertiary/aromatic N) is 1. The molecule has 3 aromatic rings. The Labute approximate surface area is 161 Å². The molecule has 1 aliphatic heterocycles. The van der Waals surface area contributed by atoms with E-state index in [-0.39, 0.29) is 11.3 Å². The average molecular weight is 372 g/mol. The molecule has 0 bridgehead atoms. The van der Waals surface area contributed by atoms with Crippen LogP contribution in [0.2, 0.25) is 0 Å². The van der Waals surface area contributed by atoms with Crippen LogP contribution in [0, 0.1) is 12.7 Å². The molecule has 1 N–H and O–H groups in total. The largest absolute Gasteiger partial charge is 0.350 e. The molecule has 4 nitrogen and oxygen atoms in total. The molecule has 138 valence electrons. The Morgan fingerprint density at radius 1 is 0.786 bits per heavy atom. The standard InChI is InChI=1S/C23H17FN2O2/c1-15-7-5-6-10-19(15)25-21-20(16-8-3-2-4-9-16)22(27)26(23(21)28)18-13-11-17(24)12-14-18/h2-14,25H,1H3. The van der Waals surface area contributed by atoms with E-state index in [9.17, 15) is 14.0 Å². The van der Waals surface area contributed by atoms with Gasteiger partial charge in [-0.25, -0.2) is 9.29 Å². The first kappa shape index (κ1) is 17.7. The van der Waals surface area contributed by atoms with Crippen LogP contribution in [0.3, 0.4) is 0 Å². The van der Waals surface area contributed by atoms with Crippen molar-refractivity contribution in [1.82, 2.24) is 0 Å². The molecule has 0 aromatic heterocycles. The highest BCUT2D eigenvalue weighted by molar-refractivity contribution is 6.46. The van der Waals surface area contributed by atoms with Gasteiger partial charge >= 0.3 is 0 Å². The number of rotatable bonds is 4. The Bertz CT molecular complexity index is 1090. The third-order valence-electron chi connectivity index (χ3n) is 4.64. The zero-order chi connectivity index (χ0) is 19.7. The summed E-state index contributed by atoms with van der Waals surface area (Å²) in [6.45, 7) is 1.92. The lowest BCUT2D eigenvalue weighted by Gasteiger charge is -2.15. The number of para-hydroxylation sites is 1. The van der Waals surface area contributed by atoms with Crippen LogP contribution < -0.4 is 10.2 Å². The molecule has 0 aliphatic carbocycles. The molecule has 1 heterocycles. The van der Waals surface area contributed by atoms with Gasteiger partial charge in [0.25, 0.3) is 11.8 Å². The number of carbonyl (C=O) groups is 2. The molecule has 0 spiro atoms. The maximum Gasteiger partial charge on any atom is 0.282 e. The number of hydrogen-bond acceptors (Lipinski definition) is 3. The highest BCUT2D eigenvalue weighted by Crippen LogP contribution is 2.34. The van der Waals surface area contributed by atoms with E-state index in [1.165, 1.54) is 24.3 Å². The topological polar surface area (TPSA) is 49.4 Å². The lowest BCUT2D eigenvalue weighted by atomic mass is 10.0. The van der Waals surface area contributed by atoms with Crippen LogP contribution in [0.25, 0.3) is 5.57 Å². The summed E-state index contributed by atoms with van der Waals surface area (Å²) < 4.78 is 13.3. The third kappa shape index (κ3) is 3.07. The van der Waals surface area contributed by atoms with E-state index in [1.807, 2.05) is 49.4 Å². The minimum absolute atomic E-state index is 0.204. The minimum atomic E-state index is -0.473. The summed E-state index contributed by atoms with van der Waals surface area (Å²) in [4.78, 5) is 27.5. The fraction of sp³-hybridized carbons (Fsp3) is 0.0435. The van der Waals surface area contributed by atoms with E-state index in [1.54, 1.807) is 12.1 Å². The van der Waals surface area contributed by atoms with E-state index >= 15 is 0 Å². The highest BCUT2D eigenvalue weighted by atomic mass is 19.1. The Hall–Kier alpha value is -3.73. The summed E-state index contributed by atoms with van der Waals surface area (Å²) >= 11 is 0. The quantitative estimate of drug-likeness (QED) is 0.685. The van der Waals surface area contributed by atoms with Gasteiger partial charge in [-0.05, 0) is 48.4 Å². The first-order valence-corrected chi connectivity index (χ1v) is 8.83. The monoisotopic (exact) mass is 372 g/mol. The molecule has 0 saturated carbocycles. The van der Waals surface area contributed by atoms with Crippen LogP contribution in [-0.4, -0.2) is 11.8 Å². The number of aryl methyl sites for hydroxylation is 1. The van der Waals surface area contributed by atoms with Gasteiger partial charge in [-0.15, -0.1) is 0 Å². The van der Waals surface area contributed by atoms with Gasteiger partial charge in [0.15, 0.2) is 0 Å². The van der Waals surface area contributed by atoms with Crippen LogP contribution in [0.5, 0.6) is 0 Å². The fourth-order valence-corrected chi connectivity index (χ4v) is 3.19. The number of imide groups is 1. The predicted octanol–water partition coefficient (Wildman–Crippen LogP) is 4.53. The second-order valence-electron chi connectivity index (χ2n) is 6.48. The molecule has 0 atom stereocenters. The summed E-state index contributed by atoms with van der Waals surface area (Å²) in [6.07, 6.45) is 0. The van der Waals surface area contributed by atoms with E-state index < -0.39 is 17.6 Å². The highest BCUT2D eigenvalue weighted by Gasteiger charge is 2.40. The Balaban J connectivity index is 1.83. The Morgan fingerprint density at radius 2 is 1.43 bits per heavy atom. The van der Waals surface area contributed by atoms with Crippen LogP contribution in [0.4, 0.5) is 15.8 Å². The number of carbonyl (C=O) groups excluding carboxylic acids is 2. The maximum atomic E-state index is 13.3. The van der Waals surface area contributed by atoms with Crippen LogP contribution in [-0.2, 0) is 9.59 Å². The number of amides is 2. The van der Waals surface area contributed by atoms with Crippen molar-refractivity contribution in [1.29, 1.82) is 0 Å². The first-order valence-electron chi connectivity index (χ1n) is 8.83. The summed E-state index contributed by atoms with van der Waals surface area (Å²) in [7, 11) is 0. The van der Waals surface area contributed by atoms with Crippen LogP contribution >= 0.6 is 0 Å². The molecular formula is C23H17FN2O2. The second kappa shape index (κ2) is 7.12. The van der Waals surface area contributed by atoms with Gasteiger partial charge in [-0.2, -0.15) is 0 Å². The molecule has 4 rings (SSSR count). The zero-order valence-corrected chi connectivity index (χ0v) is 15.1. The summed E-state index contributed by atoms with van der Waals surface area (Å²) in [5.41, 5.74) is 3.15. The van der Waals surface area contributed by atoms with Crippen LogP contribution in [0.1, 0.15) is 11.1 Å². The Morgan fingerprint density at radius 3 is 2.11 bits per heavy atom. The van der Waals surface area contributed by atoms with Crippen molar-refractivity contribution in [3.63, 3.8) is 0 Å². The number of anilines is 2. The van der Waals surface area contributed by atoms with Gasteiger partial charge in [0, 0.05) is 5.69 Å². The van der Waals surface area contributed by atoms with Crippen molar-refractivity contribution in [2.45, 2.75) is 6.92 Å². The van der Waals surface area contributed by atoms with Crippen molar-refractivity contribution in [3.05, 3.63) is 102 Å². The van der Waals surface area contributed by atoms with Gasteiger partial charge in [0.05, 0.1) is 11.3 Å². The smallest absolute Gasteiger partial charge is 0.282 e. The van der Waals surface area contributed by atoms with Crippen molar-refractivity contribution in [3.8, 4) is 0 Å². The molecule has 2 amide bonds. The lowest BCUT2D eigenvalue weighted by Crippen LogP contribution is -2.32. The second-order valence-corrected chi connectivity index (χ2v) is 6.48. The number of halogens is 1. The van der Waals surface area contributed by atoms with Gasteiger partial charge in [0.2, 0.25) is 0 Å². The first-order chi connectivity index (χ1) is 13.6.